The Hall–Kier alpha value is -2.83. The third-order valence-corrected chi connectivity index (χ3v) is 8.15. The highest BCUT2D eigenvalue weighted by atomic mass is 16.6. The third kappa shape index (κ3) is 8.88. The van der Waals surface area contributed by atoms with E-state index in [1.165, 1.54) is 51.7 Å². The van der Waals surface area contributed by atoms with Crippen molar-refractivity contribution in [1.82, 2.24) is 0 Å². The van der Waals surface area contributed by atoms with Crippen LogP contribution in [0.4, 0.5) is 0 Å². The van der Waals surface area contributed by atoms with E-state index in [1.807, 2.05) is 0 Å². The highest BCUT2D eigenvalue weighted by Crippen LogP contribution is 2.42. The van der Waals surface area contributed by atoms with Crippen molar-refractivity contribution < 1.29 is 33.3 Å². The van der Waals surface area contributed by atoms with Crippen LogP contribution in [-0.4, -0.2) is 38.2 Å². The monoisotopic (exact) mass is 528 g/mol. The molecule has 1 aromatic rings. The van der Waals surface area contributed by atoms with E-state index in [0.717, 1.165) is 49.5 Å². The van der Waals surface area contributed by atoms with E-state index in [4.69, 9.17) is 18.9 Å². The van der Waals surface area contributed by atoms with Crippen molar-refractivity contribution >= 4 is 17.9 Å². The lowest BCUT2D eigenvalue weighted by molar-refractivity contribution is -0.140. The molecular formula is C31H44O7. The normalized spacial score (nSPS) is 23.2. The Morgan fingerprint density at radius 2 is 1.53 bits per heavy atom. The van der Waals surface area contributed by atoms with E-state index in [-0.39, 0.29) is 25.1 Å². The van der Waals surface area contributed by atoms with Gasteiger partial charge in [0.2, 0.25) is 0 Å². The Morgan fingerprint density at radius 1 is 0.895 bits per heavy atom. The first-order valence-electron chi connectivity index (χ1n) is 14.3. The first-order valence-corrected chi connectivity index (χ1v) is 14.3. The maximum Gasteiger partial charge on any atom is 0.338 e. The number of benzene rings is 1. The summed E-state index contributed by atoms with van der Waals surface area (Å²) in [5, 5.41) is 0. The van der Waals surface area contributed by atoms with Crippen LogP contribution in [0, 0.1) is 23.7 Å². The zero-order valence-corrected chi connectivity index (χ0v) is 23.1. The summed E-state index contributed by atoms with van der Waals surface area (Å²) in [5.41, 5.74) is 0.314. The van der Waals surface area contributed by atoms with Gasteiger partial charge < -0.3 is 18.9 Å². The summed E-state index contributed by atoms with van der Waals surface area (Å²) < 4.78 is 21.3. The summed E-state index contributed by atoms with van der Waals surface area (Å²) in [6, 6.07) is 4.69. The number of carbonyl (C=O) groups excluding carboxylic acids is 3. The Bertz CT molecular complexity index is 924. The lowest BCUT2D eigenvalue weighted by Gasteiger charge is -2.37. The van der Waals surface area contributed by atoms with Gasteiger partial charge in [-0.05, 0) is 87.3 Å². The Morgan fingerprint density at radius 3 is 2.13 bits per heavy atom. The van der Waals surface area contributed by atoms with E-state index in [9.17, 15) is 14.4 Å². The summed E-state index contributed by atoms with van der Waals surface area (Å²) >= 11 is 0. The molecule has 210 valence electrons. The number of rotatable bonds is 13. The fourth-order valence-electron chi connectivity index (χ4n) is 5.94. The van der Waals surface area contributed by atoms with Crippen LogP contribution >= 0.6 is 0 Å². The van der Waals surface area contributed by atoms with Crippen LogP contribution < -0.4 is 9.47 Å². The van der Waals surface area contributed by atoms with Crippen LogP contribution in [0.5, 0.6) is 11.5 Å². The van der Waals surface area contributed by atoms with Crippen molar-refractivity contribution in [2.45, 2.75) is 84.0 Å². The standard InChI is InChI=1S/C31H44O7/c1-4-8-22-9-11-23(12-10-22)24-13-15-25(16-14-24)31(34)38-27-18-17-26(21-28(27)35-3)30(33)37-20-7-6-19-36-29(32)5-2/h5,17-18,21-25H,2,4,6-16,19-20H2,1,3H3. The van der Waals surface area contributed by atoms with Crippen molar-refractivity contribution in [2.75, 3.05) is 20.3 Å². The number of hydrogen-bond donors (Lipinski definition) is 0. The quantitative estimate of drug-likeness (QED) is 0.122. The minimum atomic E-state index is -0.494. The SMILES string of the molecule is C=CC(=O)OCCCCOC(=O)c1ccc(OC(=O)C2CCC(C3CCC(CCC)CC3)CC2)c(OC)c1. The lowest BCUT2D eigenvalue weighted by atomic mass is 9.69. The average molecular weight is 529 g/mol. The molecule has 0 amide bonds. The minimum Gasteiger partial charge on any atom is -0.493 e. The summed E-state index contributed by atoms with van der Waals surface area (Å²) in [6.07, 6.45) is 14.3. The second-order valence-corrected chi connectivity index (χ2v) is 10.7. The van der Waals surface area contributed by atoms with Crippen LogP contribution in [-0.2, 0) is 19.1 Å². The summed E-state index contributed by atoms with van der Waals surface area (Å²) in [7, 11) is 1.48. The molecule has 0 N–H and O–H groups in total. The number of ether oxygens (including phenoxy) is 4. The van der Waals surface area contributed by atoms with Gasteiger partial charge in [-0.3, -0.25) is 4.79 Å². The van der Waals surface area contributed by atoms with Crippen molar-refractivity contribution in [2.24, 2.45) is 23.7 Å². The van der Waals surface area contributed by atoms with Gasteiger partial charge >= 0.3 is 17.9 Å². The smallest absolute Gasteiger partial charge is 0.338 e. The molecule has 0 aromatic heterocycles. The Kier molecular flexibility index (Phi) is 12.2. The molecule has 0 heterocycles. The molecule has 0 bridgehead atoms. The highest BCUT2D eigenvalue weighted by molar-refractivity contribution is 5.90. The van der Waals surface area contributed by atoms with Crippen molar-refractivity contribution in [3.8, 4) is 11.5 Å². The molecule has 2 saturated carbocycles. The predicted octanol–water partition coefficient (Wildman–Crippen LogP) is 6.68. The zero-order valence-electron chi connectivity index (χ0n) is 23.1. The fourth-order valence-corrected chi connectivity index (χ4v) is 5.94. The summed E-state index contributed by atoms with van der Waals surface area (Å²) in [5.74, 6) is 1.84. The first kappa shape index (κ1) is 29.7. The number of hydrogen-bond acceptors (Lipinski definition) is 7. The van der Waals surface area contributed by atoms with E-state index in [2.05, 4.69) is 13.5 Å². The van der Waals surface area contributed by atoms with Gasteiger partial charge in [0.25, 0.3) is 0 Å². The van der Waals surface area contributed by atoms with Crippen molar-refractivity contribution in [3.05, 3.63) is 36.4 Å². The second-order valence-electron chi connectivity index (χ2n) is 10.7. The van der Waals surface area contributed by atoms with Gasteiger partial charge in [-0.1, -0.05) is 39.2 Å². The molecule has 2 aliphatic carbocycles. The molecule has 0 spiro atoms. The van der Waals surface area contributed by atoms with E-state index in [0.29, 0.717) is 29.9 Å². The van der Waals surface area contributed by atoms with Crippen LogP contribution in [0.3, 0.4) is 0 Å². The lowest BCUT2D eigenvalue weighted by Crippen LogP contribution is -2.30. The van der Waals surface area contributed by atoms with Gasteiger partial charge in [-0.25, -0.2) is 9.59 Å². The molecular weight excluding hydrogens is 484 g/mol. The molecule has 0 unspecified atom stereocenters. The molecule has 0 atom stereocenters. The highest BCUT2D eigenvalue weighted by Gasteiger charge is 2.33. The van der Waals surface area contributed by atoms with Crippen LogP contribution in [0.1, 0.15) is 94.3 Å². The van der Waals surface area contributed by atoms with Gasteiger partial charge in [-0.2, -0.15) is 0 Å². The van der Waals surface area contributed by atoms with E-state index >= 15 is 0 Å². The van der Waals surface area contributed by atoms with Crippen molar-refractivity contribution in [1.29, 1.82) is 0 Å². The zero-order chi connectivity index (χ0) is 27.3. The Labute approximate surface area is 227 Å². The van der Waals surface area contributed by atoms with Gasteiger partial charge in [0, 0.05) is 6.08 Å². The maximum atomic E-state index is 12.9. The fraction of sp³-hybridized carbons (Fsp3) is 0.645. The number of methoxy groups -OCH3 is 1. The first-order chi connectivity index (χ1) is 18.4. The molecule has 1 aromatic carbocycles. The van der Waals surface area contributed by atoms with Gasteiger partial charge in [-0.15, -0.1) is 0 Å². The number of unbranched alkanes of at least 4 members (excludes halogenated alkanes) is 1. The molecule has 7 nitrogen and oxygen atoms in total. The molecule has 0 radical (unpaired) electrons. The summed E-state index contributed by atoms with van der Waals surface area (Å²) in [6.45, 7) is 6.06. The number of esters is 3. The van der Waals surface area contributed by atoms with Gasteiger partial charge in [0.15, 0.2) is 11.5 Å². The molecule has 0 aliphatic heterocycles. The second kappa shape index (κ2) is 15.6. The van der Waals surface area contributed by atoms with Crippen molar-refractivity contribution in [3.63, 3.8) is 0 Å². The maximum absolute atomic E-state index is 12.9. The average Bonchev–Trinajstić information content (AvgIpc) is 2.95. The molecule has 3 rings (SSSR count). The predicted molar refractivity (Wildman–Crippen MR) is 145 cm³/mol. The van der Waals surface area contributed by atoms with Crippen LogP contribution in [0.15, 0.2) is 30.9 Å². The molecule has 38 heavy (non-hydrogen) atoms. The third-order valence-electron chi connectivity index (χ3n) is 8.15. The molecule has 2 aliphatic rings. The topological polar surface area (TPSA) is 88.1 Å². The summed E-state index contributed by atoms with van der Waals surface area (Å²) in [4.78, 5) is 36.4. The van der Waals surface area contributed by atoms with Crippen LogP contribution in [0.2, 0.25) is 0 Å². The van der Waals surface area contributed by atoms with Gasteiger partial charge in [0.05, 0.1) is 31.8 Å². The molecule has 2 fully saturated rings. The van der Waals surface area contributed by atoms with E-state index < -0.39 is 11.9 Å². The van der Waals surface area contributed by atoms with E-state index in [1.54, 1.807) is 12.1 Å². The largest absolute Gasteiger partial charge is 0.493 e. The Balaban J connectivity index is 1.42. The molecule has 7 heteroatoms. The number of carbonyl (C=O) groups is 3. The van der Waals surface area contributed by atoms with Gasteiger partial charge in [0.1, 0.15) is 0 Å². The minimum absolute atomic E-state index is 0.0946. The molecule has 0 saturated heterocycles. The van der Waals surface area contributed by atoms with Crippen LogP contribution in [0.25, 0.3) is 0 Å².